The van der Waals surface area contributed by atoms with Crippen LogP contribution >= 0.6 is 0 Å². The minimum Gasteiger partial charge on any atom is -0.508 e. The summed E-state index contributed by atoms with van der Waals surface area (Å²) in [5.41, 5.74) is 3.13. The number of hydrogen-bond acceptors (Lipinski definition) is 6. The van der Waals surface area contributed by atoms with Crippen molar-refractivity contribution in [3.63, 3.8) is 0 Å². The maximum Gasteiger partial charge on any atom is 0.412 e. The molecule has 4 N–H and O–H groups in total. The van der Waals surface area contributed by atoms with Crippen LogP contribution in [0.15, 0.2) is 72.8 Å². The first-order valence-electron chi connectivity index (χ1n) is 12.7. The van der Waals surface area contributed by atoms with Gasteiger partial charge in [0, 0.05) is 30.2 Å². The number of phenols is 1. The van der Waals surface area contributed by atoms with Crippen LogP contribution in [0.3, 0.4) is 0 Å². The van der Waals surface area contributed by atoms with E-state index in [-0.39, 0.29) is 23.3 Å². The number of benzene rings is 3. The Morgan fingerprint density at radius 1 is 1.02 bits per heavy atom. The molecule has 0 fully saturated rings. The monoisotopic (exact) mass is 560 g/mol. The summed E-state index contributed by atoms with van der Waals surface area (Å²) in [6.45, 7) is 3.33. The van der Waals surface area contributed by atoms with Gasteiger partial charge in [-0.1, -0.05) is 42.5 Å². The number of carbonyl (C=O) groups is 3. The molecule has 0 radical (unpaired) electrons. The van der Waals surface area contributed by atoms with Gasteiger partial charge >= 0.3 is 12.1 Å². The number of nitrogens with one attached hydrogen (secondary N) is 2. The molecule has 0 saturated heterocycles. The van der Waals surface area contributed by atoms with Gasteiger partial charge in [-0.05, 0) is 49.7 Å². The molecule has 0 saturated carbocycles. The fourth-order valence-corrected chi connectivity index (χ4v) is 4.21. The molecule has 2 amide bonds. The van der Waals surface area contributed by atoms with Crippen molar-refractivity contribution in [1.82, 2.24) is 15.1 Å². The van der Waals surface area contributed by atoms with Crippen molar-refractivity contribution in [1.29, 1.82) is 0 Å². The Kier molecular flexibility index (Phi) is 8.66. The fraction of sp³-hybridized carbons (Fsp3) is 0.200. The van der Waals surface area contributed by atoms with Crippen molar-refractivity contribution < 1.29 is 33.7 Å². The molecule has 212 valence electrons. The molecular formula is C30H29FN4O6. The third-order valence-electron chi connectivity index (χ3n) is 6.59. The highest BCUT2D eigenvalue weighted by atomic mass is 19.1. The topological polar surface area (TPSA) is 143 Å². The normalized spacial score (nSPS) is 12.3. The van der Waals surface area contributed by atoms with E-state index in [1.54, 1.807) is 62.0 Å². The number of aryl methyl sites for hydroxylation is 1. The number of aromatic nitrogens is 2. The van der Waals surface area contributed by atoms with E-state index >= 15 is 0 Å². The number of hydrogen-bond donors (Lipinski definition) is 4. The first-order chi connectivity index (χ1) is 19.5. The molecule has 0 aliphatic carbocycles. The molecule has 0 spiro atoms. The number of halogens is 1. The van der Waals surface area contributed by atoms with Gasteiger partial charge < -0.3 is 20.3 Å². The van der Waals surface area contributed by atoms with Gasteiger partial charge in [0.15, 0.2) is 0 Å². The number of carbonyl (C=O) groups excluding carboxylic acids is 2. The maximum absolute atomic E-state index is 14.1. The Morgan fingerprint density at radius 3 is 2.32 bits per heavy atom. The predicted octanol–water partition coefficient (Wildman–Crippen LogP) is 4.98. The molecule has 0 aliphatic rings. The molecule has 41 heavy (non-hydrogen) atoms. The lowest BCUT2D eigenvalue weighted by atomic mass is 10.0. The number of anilines is 1. The van der Waals surface area contributed by atoms with Crippen molar-refractivity contribution >= 4 is 23.7 Å². The summed E-state index contributed by atoms with van der Waals surface area (Å²) in [6, 6.07) is 17.2. The SMILES string of the molecule is Cc1c(NC(=O)OC(C)c2ccccc2F)c(-c2ccc(C(=O)NC(Cc3ccc(O)cc3)C(=O)O)cc2)nn1C. The molecular weight excluding hydrogens is 531 g/mol. The van der Waals surface area contributed by atoms with E-state index < -0.39 is 35.9 Å². The average molecular weight is 561 g/mol. The lowest BCUT2D eigenvalue weighted by Crippen LogP contribution is -2.42. The molecule has 4 rings (SSSR count). The predicted molar refractivity (Wildman–Crippen MR) is 149 cm³/mol. The molecule has 10 nitrogen and oxygen atoms in total. The van der Waals surface area contributed by atoms with Gasteiger partial charge in [-0.25, -0.2) is 14.0 Å². The number of phenolic OH excluding ortho intramolecular Hbond substituents is 1. The van der Waals surface area contributed by atoms with E-state index in [9.17, 15) is 29.0 Å². The van der Waals surface area contributed by atoms with Gasteiger partial charge in [0.2, 0.25) is 0 Å². The number of carboxylic acid groups (broad SMARTS) is 1. The highest BCUT2D eigenvalue weighted by Crippen LogP contribution is 2.31. The second-order valence-electron chi connectivity index (χ2n) is 9.44. The van der Waals surface area contributed by atoms with Crippen molar-refractivity contribution in [3.05, 3.63) is 101 Å². The molecule has 3 aromatic carbocycles. The van der Waals surface area contributed by atoms with Crippen molar-refractivity contribution in [2.45, 2.75) is 32.4 Å². The maximum atomic E-state index is 14.1. The third kappa shape index (κ3) is 6.88. The van der Waals surface area contributed by atoms with Crippen LogP contribution in [0, 0.1) is 12.7 Å². The van der Waals surface area contributed by atoms with Crippen LogP contribution in [0.1, 0.15) is 40.2 Å². The highest BCUT2D eigenvalue weighted by Gasteiger charge is 2.23. The Labute approximate surface area is 235 Å². The summed E-state index contributed by atoms with van der Waals surface area (Å²) < 4.78 is 21.1. The Hall–Kier alpha value is -5.19. The van der Waals surface area contributed by atoms with Gasteiger partial charge in [-0.2, -0.15) is 5.10 Å². The number of rotatable bonds is 9. The molecule has 2 atom stereocenters. The largest absolute Gasteiger partial charge is 0.508 e. The van der Waals surface area contributed by atoms with Crippen LogP contribution in [0.5, 0.6) is 5.75 Å². The van der Waals surface area contributed by atoms with Crippen LogP contribution < -0.4 is 10.6 Å². The second kappa shape index (κ2) is 12.3. The second-order valence-corrected chi connectivity index (χ2v) is 9.44. The highest BCUT2D eigenvalue weighted by molar-refractivity contribution is 5.97. The summed E-state index contributed by atoms with van der Waals surface area (Å²) >= 11 is 0. The molecule has 1 aromatic heterocycles. The smallest absolute Gasteiger partial charge is 0.412 e. The number of carboxylic acids is 1. The summed E-state index contributed by atoms with van der Waals surface area (Å²) in [5.74, 6) is -2.20. The van der Waals surface area contributed by atoms with Crippen LogP contribution in [0.25, 0.3) is 11.3 Å². The van der Waals surface area contributed by atoms with Crippen molar-refractivity contribution in [2.75, 3.05) is 5.32 Å². The molecule has 0 bridgehead atoms. The third-order valence-corrected chi connectivity index (χ3v) is 6.59. The van der Waals surface area contributed by atoms with E-state index in [0.717, 1.165) is 0 Å². The zero-order valence-electron chi connectivity index (χ0n) is 22.6. The van der Waals surface area contributed by atoms with Crippen molar-refractivity contribution in [2.24, 2.45) is 7.05 Å². The van der Waals surface area contributed by atoms with Crippen LogP contribution in [-0.4, -0.2) is 44.0 Å². The lowest BCUT2D eigenvalue weighted by Gasteiger charge is -2.16. The number of nitrogens with zero attached hydrogens (tertiary/aromatic N) is 2. The van der Waals surface area contributed by atoms with Crippen molar-refractivity contribution in [3.8, 4) is 17.0 Å². The Balaban J connectivity index is 1.47. The molecule has 11 heteroatoms. The number of ether oxygens (including phenoxy) is 1. The molecule has 4 aromatic rings. The molecule has 0 aliphatic heterocycles. The van der Waals surface area contributed by atoms with Gasteiger partial charge in [-0.15, -0.1) is 0 Å². The van der Waals surface area contributed by atoms with E-state index in [4.69, 9.17) is 4.74 Å². The van der Waals surface area contributed by atoms with E-state index in [1.165, 1.54) is 36.4 Å². The first kappa shape index (κ1) is 28.8. The minimum absolute atomic E-state index is 0.0350. The van der Waals surface area contributed by atoms with E-state index in [0.29, 0.717) is 28.2 Å². The van der Waals surface area contributed by atoms with E-state index in [2.05, 4.69) is 15.7 Å². The van der Waals surface area contributed by atoms with Crippen LogP contribution in [-0.2, 0) is 23.0 Å². The van der Waals surface area contributed by atoms with Gasteiger partial charge in [0.25, 0.3) is 5.91 Å². The van der Waals surface area contributed by atoms with E-state index in [1.807, 2.05) is 0 Å². The summed E-state index contributed by atoms with van der Waals surface area (Å²) in [5, 5.41) is 28.7. The number of aliphatic carboxylic acids is 1. The van der Waals surface area contributed by atoms with Gasteiger partial charge in [0.1, 0.15) is 29.4 Å². The Bertz CT molecular complexity index is 1570. The quantitative estimate of drug-likeness (QED) is 0.226. The fourth-order valence-electron chi connectivity index (χ4n) is 4.21. The zero-order chi connectivity index (χ0) is 29.7. The standard InChI is InChI=1S/C30H29FN4O6/c1-17-26(33-30(40)41-18(2)23-6-4-5-7-24(23)31)27(34-35(17)3)20-10-12-21(13-11-20)28(37)32-25(29(38)39)16-19-8-14-22(36)15-9-19/h4-15,18,25,36H,16H2,1-3H3,(H,32,37)(H,33,40)(H,38,39). The summed E-state index contributed by atoms with van der Waals surface area (Å²) in [6.07, 6.45) is -1.59. The molecule has 1 heterocycles. The zero-order valence-corrected chi connectivity index (χ0v) is 22.6. The molecule has 2 unspecified atom stereocenters. The summed E-state index contributed by atoms with van der Waals surface area (Å²) in [7, 11) is 1.71. The number of aromatic hydroxyl groups is 1. The summed E-state index contributed by atoms with van der Waals surface area (Å²) in [4.78, 5) is 37.3. The lowest BCUT2D eigenvalue weighted by molar-refractivity contribution is -0.139. The number of amides is 2. The average Bonchev–Trinajstić information content (AvgIpc) is 3.22. The Morgan fingerprint density at radius 2 is 1.68 bits per heavy atom. The van der Waals surface area contributed by atoms with Gasteiger partial charge in [-0.3, -0.25) is 14.8 Å². The van der Waals surface area contributed by atoms with Gasteiger partial charge in [0.05, 0.1) is 11.4 Å². The van der Waals surface area contributed by atoms with Crippen LogP contribution in [0.4, 0.5) is 14.9 Å². The van der Waals surface area contributed by atoms with Crippen LogP contribution in [0.2, 0.25) is 0 Å². The first-order valence-corrected chi connectivity index (χ1v) is 12.7. The minimum atomic E-state index is -1.20.